The first kappa shape index (κ1) is 9.97. The molecule has 0 aromatic rings. The van der Waals surface area contributed by atoms with Gasteiger partial charge in [-0.25, -0.2) is 4.39 Å². The highest BCUT2D eigenvalue weighted by Crippen LogP contribution is 2.41. The minimum Gasteiger partial charge on any atom is -0.295 e. The van der Waals surface area contributed by atoms with Crippen LogP contribution >= 0.6 is 0 Å². The molecule has 2 fully saturated rings. The smallest absolute Gasteiger partial charge is 0.115 e. The normalized spacial score (nSPS) is 41.0. The van der Waals surface area contributed by atoms with E-state index in [1.165, 1.54) is 12.8 Å². The molecule has 2 atom stereocenters. The summed E-state index contributed by atoms with van der Waals surface area (Å²) in [7, 11) is 0. The lowest BCUT2D eigenvalue weighted by molar-refractivity contribution is 0.189. The second kappa shape index (κ2) is 3.33. The van der Waals surface area contributed by atoms with Crippen LogP contribution in [0.2, 0.25) is 0 Å². The maximum atomic E-state index is 13.0. The van der Waals surface area contributed by atoms with E-state index in [2.05, 4.69) is 11.8 Å². The molecular formula is C10H20FN. The van der Waals surface area contributed by atoms with Gasteiger partial charge in [-0.15, -0.1) is 0 Å². The first-order valence-corrected chi connectivity index (χ1v) is 4.66. The minimum atomic E-state index is -0.546. The highest BCUT2D eigenvalue weighted by molar-refractivity contribution is 5.02. The fourth-order valence-corrected chi connectivity index (χ4v) is 2.77. The molecule has 2 aliphatic rings. The van der Waals surface area contributed by atoms with Crippen molar-refractivity contribution in [2.45, 2.75) is 51.7 Å². The van der Waals surface area contributed by atoms with Gasteiger partial charge in [0.15, 0.2) is 0 Å². The molecule has 0 bridgehead atoms. The van der Waals surface area contributed by atoms with Crippen molar-refractivity contribution in [2.24, 2.45) is 0 Å². The molecule has 12 heavy (non-hydrogen) atoms. The summed E-state index contributed by atoms with van der Waals surface area (Å²) < 4.78 is 13.0. The van der Waals surface area contributed by atoms with Crippen molar-refractivity contribution in [1.82, 2.24) is 4.90 Å². The van der Waals surface area contributed by atoms with E-state index in [0.29, 0.717) is 6.54 Å². The lowest BCUT2D eigenvalue weighted by atomic mass is 9.91. The molecule has 2 saturated heterocycles. The highest BCUT2D eigenvalue weighted by atomic mass is 19.1. The van der Waals surface area contributed by atoms with Gasteiger partial charge in [0.1, 0.15) is 6.17 Å². The number of hydrogen-bond acceptors (Lipinski definition) is 1. The van der Waals surface area contributed by atoms with Crippen molar-refractivity contribution in [3.8, 4) is 0 Å². The van der Waals surface area contributed by atoms with Gasteiger partial charge in [-0.2, -0.15) is 0 Å². The number of fused-ring (bicyclic) bond motifs is 1. The molecule has 1 nitrogen and oxygen atoms in total. The lowest BCUT2D eigenvalue weighted by Gasteiger charge is -2.29. The largest absolute Gasteiger partial charge is 0.295 e. The van der Waals surface area contributed by atoms with Gasteiger partial charge in [0, 0.05) is 12.1 Å². The summed E-state index contributed by atoms with van der Waals surface area (Å²) in [5.74, 6) is 0. The van der Waals surface area contributed by atoms with Crippen molar-refractivity contribution in [2.75, 3.05) is 13.1 Å². The van der Waals surface area contributed by atoms with Gasteiger partial charge in [0.25, 0.3) is 0 Å². The third kappa shape index (κ3) is 1.26. The first-order chi connectivity index (χ1) is 5.27. The zero-order valence-electron chi connectivity index (χ0n) is 7.15. The Labute approximate surface area is 74.9 Å². The Morgan fingerprint density at radius 3 is 2.92 bits per heavy atom. The molecule has 0 spiro atoms. The Morgan fingerprint density at radius 1 is 1.58 bits per heavy atom. The minimum absolute atomic E-state index is 0. The van der Waals surface area contributed by atoms with E-state index in [4.69, 9.17) is 0 Å². The molecular weight excluding hydrogens is 153 g/mol. The van der Waals surface area contributed by atoms with Crippen molar-refractivity contribution >= 4 is 0 Å². The van der Waals surface area contributed by atoms with Gasteiger partial charge < -0.3 is 0 Å². The molecule has 0 saturated carbocycles. The van der Waals surface area contributed by atoms with Crippen LogP contribution in [0.1, 0.15) is 40.0 Å². The molecule has 0 radical (unpaired) electrons. The second-order valence-electron chi connectivity index (χ2n) is 3.93. The first-order valence-electron chi connectivity index (χ1n) is 4.66. The quantitative estimate of drug-likeness (QED) is 0.589. The SMILES string of the molecule is C.CCC12CCCN1C[C@H](F)C2. The molecule has 0 aromatic carbocycles. The van der Waals surface area contributed by atoms with Crippen LogP contribution in [0.3, 0.4) is 0 Å². The summed E-state index contributed by atoms with van der Waals surface area (Å²) in [6.07, 6.45) is 3.89. The monoisotopic (exact) mass is 173 g/mol. The van der Waals surface area contributed by atoms with Crippen LogP contribution in [0.25, 0.3) is 0 Å². The Hall–Kier alpha value is -0.110. The molecule has 0 aromatic heterocycles. The second-order valence-corrected chi connectivity index (χ2v) is 3.93. The summed E-state index contributed by atoms with van der Waals surface area (Å²) in [6, 6.07) is 0. The molecule has 2 heteroatoms. The predicted octanol–water partition coefficient (Wildman–Crippen LogP) is 2.61. The topological polar surface area (TPSA) is 3.24 Å². The van der Waals surface area contributed by atoms with E-state index in [0.717, 1.165) is 19.4 Å². The van der Waals surface area contributed by atoms with Crippen molar-refractivity contribution in [3.63, 3.8) is 0 Å². The van der Waals surface area contributed by atoms with Crippen LogP contribution < -0.4 is 0 Å². The standard InChI is InChI=1S/C9H16FN.CH4/c1-2-9-4-3-5-11(9)7-8(10)6-9;/h8H,2-7H2,1H3;1H4/t8-,9?;/m1./s1. The average Bonchev–Trinajstić information content (AvgIpc) is 2.43. The molecule has 1 unspecified atom stereocenters. The molecule has 0 amide bonds. The third-order valence-electron chi connectivity index (χ3n) is 3.42. The maximum absolute atomic E-state index is 13.0. The van der Waals surface area contributed by atoms with Crippen LogP contribution in [0, 0.1) is 0 Å². The summed E-state index contributed by atoms with van der Waals surface area (Å²) in [5, 5.41) is 0. The van der Waals surface area contributed by atoms with Gasteiger partial charge in [0.2, 0.25) is 0 Å². The Morgan fingerprint density at radius 2 is 2.33 bits per heavy atom. The van der Waals surface area contributed by atoms with Crippen LogP contribution in [-0.2, 0) is 0 Å². The molecule has 2 aliphatic heterocycles. The molecule has 0 aliphatic carbocycles. The average molecular weight is 173 g/mol. The molecule has 2 rings (SSSR count). The number of halogens is 1. The van der Waals surface area contributed by atoms with Crippen molar-refractivity contribution < 1.29 is 4.39 Å². The van der Waals surface area contributed by atoms with Gasteiger partial charge >= 0.3 is 0 Å². The fourth-order valence-electron chi connectivity index (χ4n) is 2.77. The van der Waals surface area contributed by atoms with E-state index in [9.17, 15) is 4.39 Å². The Bertz CT molecular complexity index is 160. The molecule has 2 heterocycles. The number of rotatable bonds is 1. The number of hydrogen-bond donors (Lipinski definition) is 0. The highest BCUT2D eigenvalue weighted by Gasteiger charge is 2.46. The van der Waals surface area contributed by atoms with Crippen molar-refractivity contribution in [1.29, 1.82) is 0 Å². The predicted molar refractivity (Wildman–Crippen MR) is 50.1 cm³/mol. The van der Waals surface area contributed by atoms with Gasteiger partial charge in [-0.3, -0.25) is 4.90 Å². The third-order valence-corrected chi connectivity index (χ3v) is 3.42. The van der Waals surface area contributed by atoms with Gasteiger partial charge in [-0.1, -0.05) is 14.4 Å². The molecule has 72 valence electrons. The van der Waals surface area contributed by atoms with Crippen LogP contribution in [0.15, 0.2) is 0 Å². The van der Waals surface area contributed by atoms with E-state index in [-0.39, 0.29) is 13.0 Å². The van der Waals surface area contributed by atoms with Gasteiger partial charge in [0.05, 0.1) is 0 Å². The fraction of sp³-hybridized carbons (Fsp3) is 1.00. The Balaban J connectivity index is 0.000000720. The summed E-state index contributed by atoms with van der Waals surface area (Å²) >= 11 is 0. The number of nitrogens with zero attached hydrogens (tertiary/aromatic N) is 1. The number of alkyl halides is 1. The van der Waals surface area contributed by atoms with E-state index in [1.807, 2.05) is 0 Å². The summed E-state index contributed by atoms with van der Waals surface area (Å²) in [5.41, 5.74) is 0.277. The lowest BCUT2D eigenvalue weighted by Crippen LogP contribution is -2.37. The van der Waals surface area contributed by atoms with E-state index >= 15 is 0 Å². The summed E-state index contributed by atoms with van der Waals surface area (Å²) in [4.78, 5) is 2.36. The summed E-state index contributed by atoms with van der Waals surface area (Å²) in [6.45, 7) is 4.03. The maximum Gasteiger partial charge on any atom is 0.115 e. The van der Waals surface area contributed by atoms with Crippen molar-refractivity contribution in [3.05, 3.63) is 0 Å². The Kier molecular flexibility index (Phi) is 2.77. The molecule has 0 N–H and O–H groups in total. The zero-order valence-corrected chi connectivity index (χ0v) is 7.15. The van der Waals surface area contributed by atoms with Crippen LogP contribution in [-0.4, -0.2) is 29.7 Å². The van der Waals surface area contributed by atoms with E-state index < -0.39 is 6.17 Å². The van der Waals surface area contributed by atoms with Crippen LogP contribution in [0.5, 0.6) is 0 Å². The van der Waals surface area contributed by atoms with E-state index in [1.54, 1.807) is 0 Å². The van der Waals surface area contributed by atoms with Crippen LogP contribution in [0.4, 0.5) is 4.39 Å². The zero-order chi connectivity index (χ0) is 7.90. The van der Waals surface area contributed by atoms with Gasteiger partial charge in [-0.05, 0) is 32.2 Å².